The lowest BCUT2D eigenvalue weighted by Crippen LogP contribution is -2.39. The number of rotatable bonds is 5. The monoisotopic (exact) mass is 481 g/mol. The van der Waals surface area contributed by atoms with Crippen LogP contribution in [0.4, 0.5) is 0 Å². The average Bonchev–Trinajstić information content (AvgIpc) is 3.15. The summed E-state index contributed by atoms with van der Waals surface area (Å²) in [5.41, 5.74) is 0.0294. The first-order chi connectivity index (χ1) is 15.7. The summed E-state index contributed by atoms with van der Waals surface area (Å²) in [4.78, 5) is 54.8. The van der Waals surface area contributed by atoms with E-state index < -0.39 is 11.2 Å². The second-order valence-corrected chi connectivity index (χ2v) is 9.15. The van der Waals surface area contributed by atoms with Gasteiger partial charge in [0.2, 0.25) is 0 Å². The summed E-state index contributed by atoms with van der Waals surface area (Å²) in [7, 11) is 3.23. The van der Waals surface area contributed by atoms with Gasteiger partial charge in [-0.15, -0.1) is 11.3 Å². The van der Waals surface area contributed by atoms with Crippen molar-refractivity contribution in [2.45, 2.75) is 13.5 Å². The summed E-state index contributed by atoms with van der Waals surface area (Å²) in [6.45, 7) is 1.40. The predicted molar refractivity (Wildman–Crippen MR) is 130 cm³/mol. The number of carbonyl (C=O) groups excluding carboxylic acids is 2. The van der Waals surface area contributed by atoms with Crippen LogP contribution in [0.2, 0.25) is 5.02 Å². The van der Waals surface area contributed by atoms with E-state index in [0.717, 1.165) is 15.9 Å². The largest absolute Gasteiger partial charge is 0.344 e. The third kappa shape index (κ3) is 4.03. The van der Waals surface area contributed by atoms with E-state index in [9.17, 15) is 19.2 Å². The van der Waals surface area contributed by atoms with E-state index in [1.807, 2.05) is 0 Å². The molecule has 7 nitrogen and oxygen atoms in total. The summed E-state index contributed by atoms with van der Waals surface area (Å²) in [6, 6.07) is 14.9. The predicted octanol–water partition coefficient (Wildman–Crippen LogP) is 3.76. The smallest absolute Gasteiger partial charge is 0.337 e. The van der Waals surface area contributed by atoms with Crippen molar-refractivity contribution < 1.29 is 9.59 Å². The van der Waals surface area contributed by atoms with Crippen LogP contribution in [-0.4, -0.2) is 39.8 Å². The number of carbonyl (C=O) groups is 2. The van der Waals surface area contributed by atoms with Gasteiger partial charge >= 0.3 is 5.69 Å². The molecule has 0 aliphatic heterocycles. The summed E-state index contributed by atoms with van der Waals surface area (Å²) in [6.07, 6.45) is 0. The molecule has 4 rings (SSSR count). The number of hydrogen-bond acceptors (Lipinski definition) is 5. The van der Waals surface area contributed by atoms with Gasteiger partial charge in [-0.25, -0.2) is 9.36 Å². The van der Waals surface area contributed by atoms with Gasteiger partial charge in [-0.1, -0.05) is 41.9 Å². The average molecular weight is 482 g/mol. The highest BCUT2D eigenvalue weighted by molar-refractivity contribution is 7.20. The van der Waals surface area contributed by atoms with Gasteiger partial charge in [-0.05, 0) is 36.8 Å². The van der Waals surface area contributed by atoms with Crippen LogP contribution < -0.4 is 11.2 Å². The number of amides is 1. The standard InChI is InChI=1S/C24H20ClN3O4S/c1-14-19-21(30)28(17-11-9-16(25)10-12-17)24(32)27(13-18(29)15-7-5-4-6-8-15)23(19)33-20(14)22(31)26(2)3/h4-12H,13H2,1-3H3. The Kier molecular flexibility index (Phi) is 6.05. The van der Waals surface area contributed by atoms with E-state index in [-0.39, 0.29) is 23.6 Å². The van der Waals surface area contributed by atoms with Crippen LogP contribution in [0.15, 0.2) is 64.2 Å². The van der Waals surface area contributed by atoms with E-state index in [4.69, 9.17) is 11.6 Å². The maximum atomic E-state index is 13.5. The first-order valence-corrected chi connectivity index (χ1v) is 11.2. The zero-order valence-electron chi connectivity index (χ0n) is 18.2. The molecule has 33 heavy (non-hydrogen) atoms. The molecule has 0 unspecified atom stereocenters. The fraction of sp³-hybridized carbons (Fsp3) is 0.167. The molecule has 0 saturated carbocycles. The number of nitrogens with zero attached hydrogens (tertiary/aromatic N) is 3. The van der Waals surface area contributed by atoms with Crippen molar-refractivity contribution in [3.63, 3.8) is 0 Å². The first-order valence-electron chi connectivity index (χ1n) is 10.1. The van der Waals surface area contributed by atoms with Crippen LogP contribution in [0.1, 0.15) is 25.6 Å². The third-order valence-corrected chi connectivity index (χ3v) is 6.85. The van der Waals surface area contributed by atoms with Crippen LogP contribution in [0, 0.1) is 6.92 Å². The molecule has 0 aliphatic carbocycles. The molecule has 0 bridgehead atoms. The van der Waals surface area contributed by atoms with Crippen molar-refractivity contribution in [1.82, 2.24) is 14.0 Å². The fourth-order valence-corrected chi connectivity index (χ4v) is 5.01. The number of fused-ring (bicyclic) bond motifs is 1. The SMILES string of the molecule is Cc1c(C(=O)N(C)C)sc2c1c(=O)n(-c1ccc(Cl)cc1)c(=O)n2CC(=O)c1ccccc1. The number of halogens is 1. The quantitative estimate of drug-likeness (QED) is 0.406. The maximum Gasteiger partial charge on any atom is 0.337 e. The number of benzene rings is 2. The second-order valence-electron chi connectivity index (χ2n) is 7.71. The van der Waals surface area contributed by atoms with Gasteiger partial charge in [-0.3, -0.25) is 19.0 Å². The van der Waals surface area contributed by atoms with E-state index >= 15 is 0 Å². The van der Waals surface area contributed by atoms with Crippen molar-refractivity contribution in [2.24, 2.45) is 0 Å². The zero-order chi connectivity index (χ0) is 23.9. The fourth-order valence-electron chi connectivity index (χ4n) is 3.57. The summed E-state index contributed by atoms with van der Waals surface area (Å²) >= 11 is 7.02. The Bertz CT molecular complexity index is 1500. The molecule has 0 aliphatic rings. The third-order valence-electron chi connectivity index (χ3n) is 5.30. The summed E-state index contributed by atoms with van der Waals surface area (Å²) in [5.74, 6) is -0.564. The Morgan fingerprint density at radius 3 is 2.24 bits per heavy atom. The number of hydrogen-bond donors (Lipinski definition) is 0. The van der Waals surface area contributed by atoms with Gasteiger partial charge < -0.3 is 4.90 Å². The lowest BCUT2D eigenvalue weighted by Gasteiger charge is -2.12. The minimum absolute atomic E-state index is 0.237. The van der Waals surface area contributed by atoms with Crippen molar-refractivity contribution >= 4 is 44.8 Å². The molecule has 0 N–H and O–H groups in total. The Morgan fingerprint density at radius 2 is 1.64 bits per heavy atom. The number of aryl methyl sites for hydroxylation is 1. The molecule has 2 aromatic carbocycles. The highest BCUT2D eigenvalue weighted by atomic mass is 35.5. The molecule has 2 aromatic heterocycles. The molecule has 0 atom stereocenters. The van der Waals surface area contributed by atoms with Gasteiger partial charge in [0.25, 0.3) is 11.5 Å². The van der Waals surface area contributed by atoms with Gasteiger partial charge in [0.05, 0.1) is 22.5 Å². The number of aromatic nitrogens is 2. The second kappa shape index (κ2) is 8.80. The number of ketones is 1. The molecule has 1 amide bonds. The van der Waals surface area contributed by atoms with Crippen molar-refractivity contribution in [3.8, 4) is 5.69 Å². The van der Waals surface area contributed by atoms with Gasteiger partial charge in [-0.2, -0.15) is 0 Å². The van der Waals surface area contributed by atoms with Crippen molar-refractivity contribution in [3.05, 3.63) is 96.5 Å². The van der Waals surface area contributed by atoms with Crippen LogP contribution in [0.5, 0.6) is 0 Å². The molecule has 0 radical (unpaired) electrons. The van der Waals surface area contributed by atoms with Crippen LogP contribution >= 0.6 is 22.9 Å². The lowest BCUT2D eigenvalue weighted by atomic mass is 10.1. The minimum atomic E-state index is -0.663. The van der Waals surface area contributed by atoms with E-state index in [2.05, 4.69) is 0 Å². The highest BCUT2D eigenvalue weighted by Gasteiger charge is 2.25. The molecule has 9 heteroatoms. The molecule has 4 aromatic rings. The normalized spacial score (nSPS) is 11.0. The molecule has 0 spiro atoms. The Labute approximate surface area is 198 Å². The molecular formula is C24H20ClN3O4S. The van der Waals surface area contributed by atoms with Gasteiger partial charge in [0, 0.05) is 24.7 Å². The topological polar surface area (TPSA) is 81.4 Å². The number of thiophene rings is 1. The lowest BCUT2D eigenvalue weighted by molar-refractivity contribution is 0.0831. The van der Waals surface area contributed by atoms with Crippen LogP contribution in [0.25, 0.3) is 15.9 Å². The Balaban J connectivity index is 2.03. The van der Waals surface area contributed by atoms with E-state index in [1.54, 1.807) is 75.6 Å². The first kappa shape index (κ1) is 22.7. The minimum Gasteiger partial charge on any atom is -0.344 e. The van der Waals surface area contributed by atoms with Crippen LogP contribution in [-0.2, 0) is 6.54 Å². The Morgan fingerprint density at radius 1 is 1.00 bits per heavy atom. The van der Waals surface area contributed by atoms with Gasteiger partial charge in [0.1, 0.15) is 4.83 Å². The zero-order valence-corrected chi connectivity index (χ0v) is 19.7. The van der Waals surface area contributed by atoms with Crippen molar-refractivity contribution in [2.75, 3.05) is 14.1 Å². The van der Waals surface area contributed by atoms with Gasteiger partial charge in [0.15, 0.2) is 5.78 Å². The molecule has 168 valence electrons. The molecule has 0 saturated heterocycles. The molecule has 2 heterocycles. The molecular weight excluding hydrogens is 462 g/mol. The Hall–Kier alpha value is -3.49. The van der Waals surface area contributed by atoms with E-state index in [1.165, 1.54) is 9.47 Å². The highest BCUT2D eigenvalue weighted by Crippen LogP contribution is 2.29. The maximum absolute atomic E-state index is 13.5. The van der Waals surface area contributed by atoms with E-state index in [0.29, 0.717) is 31.5 Å². The molecule has 0 fully saturated rings. The summed E-state index contributed by atoms with van der Waals surface area (Å²) < 4.78 is 2.28. The van der Waals surface area contributed by atoms with Crippen molar-refractivity contribution in [1.29, 1.82) is 0 Å². The summed E-state index contributed by atoms with van der Waals surface area (Å²) in [5, 5.41) is 0.693. The van der Waals surface area contributed by atoms with Crippen LogP contribution in [0.3, 0.4) is 0 Å². The number of Topliss-reactive ketones (excluding diaryl/α,β-unsaturated/α-hetero) is 1.